The molecule has 1 fully saturated rings. The van der Waals surface area contributed by atoms with Crippen LogP contribution in [0.3, 0.4) is 0 Å². The minimum atomic E-state index is -4.41. The number of halogens is 5. The van der Waals surface area contributed by atoms with E-state index in [0.717, 1.165) is 24.3 Å². The number of ether oxygens (including phenoxy) is 1. The number of nitrogens with zero attached hydrogens (tertiary/aromatic N) is 1. The number of alkyl halides is 3. The van der Waals surface area contributed by atoms with Gasteiger partial charge in [-0.1, -0.05) is 23.7 Å². The van der Waals surface area contributed by atoms with E-state index in [0.29, 0.717) is 12.1 Å². The quantitative estimate of drug-likeness (QED) is 0.698. The molecular formula is C18H14ClF4NO2. The minimum absolute atomic E-state index is 0.00701. The molecule has 0 radical (unpaired) electrons. The monoisotopic (exact) mass is 387 g/mol. The molecule has 138 valence electrons. The van der Waals surface area contributed by atoms with E-state index >= 15 is 0 Å². The van der Waals surface area contributed by atoms with Gasteiger partial charge in [-0.2, -0.15) is 13.2 Å². The first-order valence-corrected chi connectivity index (χ1v) is 8.16. The van der Waals surface area contributed by atoms with Crippen molar-refractivity contribution in [2.75, 3.05) is 19.7 Å². The van der Waals surface area contributed by atoms with Crippen LogP contribution in [-0.4, -0.2) is 30.5 Å². The lowest BCUT2D eigenvalue weighted by atomic mass is 10.0. The molecule has 0 saturated carbocycles. The molecule has 26 heavy (non-hydrogen) atoms. The minimum Gasteiger partial charge on any atom is -0.370 e. The third-order valence-corrected chi connectivity index (χ3v) is 4.44. The van der Waals surface area contributed by atoms with Crippen LogP contribution in [0.5, 0.6) is 0 Å². The molecule has 0 N–H and O–H groups in total. The molecule has 0 bridgehead atoms. The number of amides is 1. The maximum atomic E-state index is 13.1. The van der Waals surface area contributed by atoms with Crippen molar-refractivity contribution in [2.24, 2.45) is 0 Å². The van der Waals surface area contributed by atoms with Crippen LogP contribution in [0, 0.1) is 5.82 Å². The van der Waals surface area contributed by atoms with E-state index < -0.39 is 23.7 Å². The number of carbonyl (C=O) groups excluding carboxylic acids is 1. The van der Waals surface area contributed by atoms with E-state index in [-0.39, 0.29) is 29.6 Å². The second kappa shape index (κ2) is 7.25. The Balaban J connectivity index is 1.75. The Bertz CT molecular complexity index is 808. The second-order valence-corrected chi connectivity index (χ2v) is 6.26. The van der Waals surface area contributed by atoms with Crippen LogP contribution < -0.4 is 0 Å². The molecule has 2 aromatic carbocycles. The van der Waals surface area contributed by atoms with E-state index in [9.17, 15) is 22.4 Å². The highest BCUT2D eigenvalue weighted by Gasteiger charge is 2.31. The first-order chi connectivity index (χ1) is 12.3. The molecule has 1 aliphatic rings. The predicted octanol–water partition coefficient (Wildman–Crippen LogP) is 4.71. The van der Waals surface area contributed by atoms with E-state index in [2.05, 4.69) is 0 Å². The van der Waals surface area contributed by atoms with Crippen LogP contribution >= 0.6 is 11.6 Å². The van der Waals surface area contributed by atoms with Crippen LogP contribution in [0.25, 0.3) is 0 Å². The maximum Gasteiger partial charge on any atom is 0.416 e. The summed E-state index contributed by atoms with van der Waals surface area (Å²) in [5, 5.41) is 0.00701. The SMILES string of the molecule is O=C(c1ccc(F)cc1Cl)N1CCO[C@@H](c2ccc(C(F)(F)F)cc2)C1. The molecule has 1 heterocycles. The number of rotatable bonds is 2. The highest BCUT2D eigenvalue weighted by Crippen LogP contribution is 2.31. The molecule has 2 aromatic rings. The fourth-order valence-corrected chi connectivity index (χ4v) is 3.00. The summed E-state index contributed by atoms with van der Waals surface area (Å²) in [6, 6.07) is 8.16. The van der Waals surface area contributed by atoms with E-state index in [1.54, 1.807) is 0 Å². The number of carbonyl (C=O) groups is 1. The molecule has 1 saturated heterocycles. The molecule has 0 spiro atoms. The topological polar surface area (TPSA) is 29.5 Å². The van der Waals surface area contributed by atoms with Gasteiger partial charge < -0.3 is 9.64 Å². The molecule has 1 aliphatic heterocycles. The summed E-state index contributed by atoms with van der Waals surface area (Å²) >= 11 is 5.93. The summed E-state index contributed by atoms with van der Waals surface area (Å²) < 4.78 is 56.7. The van der Waals surface area contributed by atoms with Gasteiger partial charge in [0.25, 0.3) is 5.91 Å². The number of hydrogen-bond acceptors (Lipinski definition) is 2. The van der Waals surface area contributed by atoms with Gasteiger partial charge in [0.05, 0.1) is 29.3 Å². The summed E-state index contributed by atoms with van der Waals surface area (Å²) in [7, 11) is 0. The van der Waals surface area contributed by atoms with Crippen LogP contribution in [-0.2, 0) is 10.9 Å². The standard InChI is InChI=1S/C18H14ClF4NO2/c19-15-9-13(20)5-6-14(15)17(25)24-7-8-26-16(10-24)11-1-3-12(4-2-11)18(21,22)23/h1-6,9,16H,7-8,10H2/t16-/m1/s1. The first-order valence-electron chi connectivity index (χ1n) is 7.79. The van der Waals surface area contributed by atoms with Gasteiger partial charge in [-0.25, -0.2) is 4.39 Å². The van der Waals surface area contributed by atoms with Crippen molar-refractivity contribution in [1.82, 2.24) is 4.90 Å². The molecule has 1 amide bonds. The Morgan fingerprint density at radius 3 is 2.46 bits per heavy atom. The average Bonchev–Trinajstić information content (AvgIpc) is 2.61. The highest BCUT2D eigenvalue weighted by atomic mass is 35.5. The average molecular weight is 388 g/mol. The zero-order chi connectivity index (χ0) is 18.9. The first kappa shape index (κ1) is 18.7. The largest absolute Gasteiger partial charge is 0.416 e. The van der Waals surface area contributed by atoms with Crippen molar-refractivity contribution in [2.45, 2.75) is 12.3 Å². The highest BCUT2D eigenvalue weighted by molar-refractivity contribution is 6.33. The Kier molecular flexibility index (Phi) is 5.20. The van der Waals surface area contributed by atoms with Crippen molar-refractivity contribution < 1.29 is 27.1 Å². The van der Waals surface area contributed by atoms with Gasteiger partial charge in [0.2, 0.25) is 0 Å². The van der Waals surface area contributed by atoms with Gasteiger partial charge in [0.15, 0.2) is 0 Å². The zero-order valence-corrected chi connectivity index (χ0v) is 14.1. The van der Waals surface area contributed by atoms with Crippen LogP contribution in [0.4, 0.5) is 17.6 Å². The van der Waals surface area contributed by atoms with Crippen LogP contribution in [0.2, 0.25) is 5.02 Å². The van der Waals surface area contributed by atoms with Gasteiger partial charge in [-0.05, 0) is 35.9 Å². The Hall–Kier alpha value is -2.12. The van der Waals surface area contributed by atoms with Crippen molar-refractivity contribution in [3.8, 4) is 0 Å². The normalized spacial score (nSPS) is 18.0. The van der Waals surface area contributed by atoms with Crippen molar-refractivity contribution in [1.29, 1.82) is 0 Å². The van der Waals surface area contributed by atoms with Gasteiger partial charge in [-0.3, -0.25) is 4.79 Å². The fraction of sp³-hybridized carbons (Fsp3) is 0.278. The van der Waals surface area contributed by atoms with E-state index in [4.69, 9.17) is 16.3 Å². The Labute approximate surface area is 152 Å². The summed E-state index contributed by atoms with van der Waals surface area (Å²) in [4.78, 5) is 14.1. The fourth-order valence-electron chi connectivity index (χ4n) is 2.76. The molecule has 1 atom stereocenters. The summed E-state index contributed by atoms with van der Waals surface area (Å²) in [5.41, 5.74) is -0.0371. The van der Waals surface area contributed by atoms with Crippen LogP contribution in [0.1, 0.15) is 27.6 Å². The Morgan fingerprint density at radius 1 is 1.15 bits per heavy atom. The van der Waals surface area contributed by atoms with Gasteiger partial charge >= 0.3 is 6.18 Å². The summed E-state index contributed by atoms with van der Waals surface area (Å²) in [6.45, 7) is 0.706. The van der Waals surface area contributed by atoms with Gasteiger partial charge in [0.1, 0.15) is 11.9 Å². The molecule has 3 nitrogen and oxygen atoms in total. The molecule has 0 unspecified atom stereocenters. The third kappa shape index (κ3) is 3.99. The molecule has 3 rings (SSSR count). The predicted molar refractivity (Wildman–Crippen MR) is 87.5 cm³/mol. The maximum absolute atomic E-state index is 13.1. The second-order valence-electron chi connectivity index (χ2n) is 5.85. The van der Waals surface area contributed by atoms with E-state index in [1.165, 1.54) is 23.1 Å². The van der Waals surface area contributed by atoms with Crippen molar-refractivity contribution in [3.05, 3.63) is 70.0 Å². The number of hydrogen-bond donors (Lipinski definition) is 0. The van der Waals surface area contributed by atoms with Gasteiger partial charge in [0, 0.05) is 6.54 Å². The number of morpholine rings is 1. The van der Waals surface area contributed by atoms with Crippen molar-refractivity contribution in [3.63, 3.8) is 0 Å². The molecular weight excluding hydrogens is 374 g/mol. The number of benzene rings is 2. The molecule has 8 heteroatoms. The summed E-state index contributed by atoms with van der Waals surface area (Å²) in [6.07, 6.45) is -4.96. The zero-order valence-electron chi connectivity index (χ0n) is 13.4. The lowest BCUT2D eigenvalue weighted by Crippen LogP contribution is -2.42. The molecule has 0 aliphatic carbocycles. The van der Waals surface area contributed by atoms with E-state index in [1.807, 2.05) is 0 Å². The van der Waals surface area contributed by atoms with Crippen LogP contribution in [0.15, 0.2) is 42.5 Å². The van der Waals surface area contributed by atoms with Crippen molar-refractivity contribution >= 4 is 17.5 Å². The summed E-state index contributed by atoms with van der Waals surface area (Å²) in [5.74, 6) is -0.925. The Morgan fingerprint density at radius 2 is 1.85 bits per heavy atom. The lowest BCUT2D eigenvalue weighted by molar-refractivity contribution is -0.137. The third-order valence-electron chi connectivity index (χ3n) is 4.12. The smallest absolute Gasteiger partial charge is 0.370 e. The lowest BCUT2D eigenvalue weighted by Gasteiger charge is -2.33. The molecule has 0 aromatic heterocycles. The van der Waals surface area contributed by atoms with Gasteiger partial charge in [-0.15, -0.1) is 0 Å².